The van der Waals surface area contributed by atoms with Crippen LogP contribution in [0.5, 0.6) is 11.5 Å². The van der Waals surface area contributed by atoms with E-state index < -0.39 is 0 Å². The molecule has 0 aliphatic rings. The molecule has 1 radical (unpaired) electrons. The molecule has 0 fully saturated rings. The molecule has 71 valence electrons. The summed E-state index contributed by atoms with van der Waals surface area (Å²) >= 11 is 0. The van der Waals surface area contributed by atoms with Crippen molar-refractivity contribution in [3.8, 4) is 11.5 Å². The minimum absolute atomic E-state index is 0.630. The summed E-state index contributed by atoms with van der Waals surface area (Å²) < 4.78 is 10.6. The maximum absolute atomic E-state index is 5.45. The first-order chi connectivity index (χ1) is 6.38. The molecule has 3 nitrogen and oxygen atoms in total. The van der Waals surface area contributed by atoms with Gasteiger partial charge in [0, 0.05) is 6.54 Å². The molecule has 3 heteroatoms. The van der Waals surface area contributed by atoms with E-state index in [2.05, 4.69) is 11.4 Å². The Labute approximate surface area is 78.7 Å². The Morgan fingerprint density at radius 2 is 2.31 bits per heavy atom. The fraction of sp³-hybridized carbons (Fsp3) is 0.400. The Morgan fingerprint density at radius 1 is 1.46 bits per heavy atom. The molecule has 1 N–H and O–H groups in total. The zero-order chi connectivity index (χ0) is 9.52. The lowest BCUT2D eigenvalue weighted by Crippen LogP contribution is -2.16. The molecule has 1 rings (SSSR count). The molecule has 0 atom stereocenters. The van der Waals surface area contributed by atoms with Crippen molar-refractivity contribution in [2.45, 2.75) is 0 Å². The highest BCUT2D eigenvalue weighted by molar-refractivity contribution is 5.38. The first kappa shape index (κ1) is 9.86. The molecule has 0 saturated carbocycles. The summed E-state index contributed by atoms with van der Waals surface area (Å²) in [7, 11) is 3.51. The van der Waals surface area contributed by atoms with E-state index in [4.69, 9.17) is 9.47 Å². The summed E-state index contributed by atoms with van der Waals surface area (Å²) in [5.74, 6) is 1.48. The number of hydrogen-bond donors (Lipinski definition) is 1. The normalized spacial score (nSPS) is 9.69. The molecule has 0 amide bonds. The molecule has 0 spiro atoms. The molecule has 0 aromatic heterocycles. The van der Waals surface area contributed by atoms with Gasteiger partial charge in [-0.1, -0.05) is 6.07 Å². The molecule has 0 bridgehead atoms. The van der Waals surface area contributed by atoms with Crippen LogP contribution in [-0.2, 0) is 0 Å². The Bertz CT molecular complexity index is 250. The van der Waals surface area contributed by atoms with E-state index in [0.717, 1.165) is 18.0 Å². The summed E-state index contributed by atoms with van der Waals surface area (Å²) in [6.07, 6.45) is 0. The largest absolute Gasteiger partial charge is 0.493 e. The van der Waals surface area contributed by atoms with Crippen molar-refractivity contribution in [2.75, 3.05) is 27.3 Å². The minimum atomic E-state index is 0.630. The van der Waals surface area contributed by atoms with Gasteiger partial charge in [0.2, 0.25) is 0 Å². The van der Waals surface area contributed by atoms with Gasteiger partial charge in [0.15, 0.2) is 11.5 Å². The SMILES string of the molecule is CNCCOc1c[c]ccc1OC. The Hall–Kier alpha value is -1.22. The standard InChI is InChI=1S/C10H14NO2/c1-11-7-8-13-10-6-4-3-5-9(10)12-2/h3,5-6,11H,7-8H2,1-2H3. The highest BCUT2D eigenvalue weighted by Crippen LogP contribution is 2.24. The predicted octanol–water partition coefficient (Wildman–Crippen LogP) is 1.09. The maximum Gasteiger partial charge on any atom is 0.161 e. The van der Waals surface area contributed by atoms with Crippen molar-refractivity contribution in [3.63, 3.8) is 0 Å². The van der Waals surface area contributed by atoms with E-state index >= 15 is 0 Å². The van der Waals surface area contributed by atoms with Gasteiger partial charge in [0.25, 0.3) is 0 Å². The molecule has 0 heterocycles. The van der Waals surface area contributed by atoms with E-state index in [0.29, 0.717) is 6.61 Å². The molecule has 0 saturated heterocycles. The van der Waals surface area contributed by atoms with Crippen molar-refractivity contribution in [1.82, 2.24) is 5.32 Å². The number of rotatable bonds is 5. The lowest BCUT2D eigenvalue weighted by Gasteiger charge is -2.09. The summed E-state index contributed by atoms with van der Waals surface area (Å²) in [6.45, 7) is 1.45. The van der Waals surface area contributed by atoms with Crippen LogP contribution in [0.2, 0.25) is 0 Å². The van der Waals surface area contributed by atoms with Crippen molar-refractivity contribution in [2.24, 2.45) is 0 Å². The van der Waals surface area contributed by atoms with E-state index in [9.17, 15) is 0 Å². The lowest BCUT2D eigenvalue weighted by atomic mass is 10.3. The third-order valence-corrected chi connectivity index (χ3v) is 1.62. The molecule has 1 aromatic rings. The van der Waals surface area contributed by atoms with E-state index in [-0.39, 0.29) is 0 Å². The first-order valence-electron chi connectivity index (χ1n) is 4.20. The number of benzene rings is 1. The molecule has 13 heavy (non-hydrogen) atoms. The minimum Gasteiger partial charge on any atom is -0.493 e. The van der Waals surface area contributed by atoms with Crippen LogP contribution < -0.4 is 14.8 Å². The van der Waals surface area contributed by atoms with Crippen LogP contribution in [0, 0.1) is 6.07 Å². The lowest BCUT2D eigenvalue weighted by molar-refractivity contribution is 0.295. The van der Waals surface area contributed by atoms with Crippen LogP contribution >= 0.6 is 0 Å². The molecule has 0 unspecified atom stereocenters. The summed E-state index contributed by atoms with van der Waals surface area (Å²) in [6, 6.07) is 8.33. The van der Waals surface area contributed by atoms with Gasteiger partial charge in [-0.3, -0.25) is 0 Å². The van der Waals surface area contributed by atoms with Crippen molar-refractivity contribution >= 4 is 0 Å². The number of ether oxygens (including phenoxy) is 2. The summed E-state index contributed by atoms with van der Waals surface area (Å²) in [5.41, 5.74) is 0. The third kappa shape index (κ3) is 2.95. The number of hydrogen-bond acceptors (Lipinski definition) is 3. The Balaban J connectivity index is 2.54. The summed E-state index contributed by atoms with van der Waals surface area (Å²) in [5, 5.41) is 3.00. The van der Waals surface area contributed by atoms with Crippen LogP contribution in [0.15, 0.2) is 18.2 Å². The summed E-state index contributed by atoms with van der Waals surface area (Å²) in [4.78, 5) is 0. The van der Waals surface area contributed by atoms with Crippen LogP contribution in [0.25, 0.3) is 0 Å². The molecular weight excluding hydrogens is 166 g/mol. The van der Waals surface area contributed by atoms with Gasteiger partial charge in [-0.05, 0) is 25.2 Å². The smallest absolute Gasteiger partial charge is 0.161 e. The fourth-order valence-corrected chi connectivity index (χ4v) is 0.945. The Morgan fingerprint density at radius 3 is 3.00 bits per heavy atom. The average Bonchev–Trinajstić information content (AvgIpc) is 2.19. The van der Waals surface area contributed by atoms with Crippen molar-refractivity contribution in [3.05, 3.63) is 24.3 Å². The van der Waals surface area contributed by atoms with Gasteiger partial charge in [0.05, 0.1) is 7.11 Å². The second-order valence-electron chi connectivity index (χ2n) is 2.53. The topological polar surface area (TPSA) is 30.5 Å². The van der Waals surface area contributed by atoms with Gasteiger partial charge in [-0.25, -0.2) is 0 Å². The second kappa shape index (κ2) is 5.43. The van der Waals surface area contributed by atoms with Crippen LogP contribution in [-0.4, -0.2) is 27.3 Å². The highest BCUT2D eigenvalue weighted by Gasteiger charge is 2.00. The monoisotopic (exact) mass is 180 g/mol. The fourth-order valence-electron chi connectivity index (χ4n) is 0.945. The van der Waals surface area contributed by atoms with Crippen molar-refractivity contribution < 1.29 is 9.47 Å². The maximum atomic E-state index is 5.45. The quantitative estimate of drug-likeness (QED) is 0.688. The van der Waals surface area contributed by atoms with Crippen molar-refractivity contribution in [1.29, 1.82) is 0 Å². The average molecular weight is 180 g/mol. The number of methoxy groups -OCH3 is 1. The van der Waals surface area contributed by atoms with E-state index in [1.807, 2.05) is 13.1 Å². The van der Waals surface area contributed by atoms with E-state index in [1.54, 1.807) is 19.2 Å². The number of likely N-dealkylation sites (N-methyl/N-ethyl adjacent to an activating group) is 1. The molecule has 0 aliphatic carbocycles. The van der Waals surface area contributed by atoms with Gasteiger partial charge in [0.1, 0.15) is 6.61 Å². The molecular formula is C10H14NO2. The Kier molecular flexibility index (Phi) is 4.12. The highest BCUT2D eigenvalue weighted by atomic mass is 16.5. The van der Waals surface area contributed by atoms with E-state index in [1.165, 1.54) is 0 Å². The van der Waals surface area contributed by atoms with Gasteiger partial charge < -0.3 is 14.8 Å². The van der Waals surface area contributed by atoms with Gasteiger partial charge in [-0.15, -0.1) is 0 Å². The third-order valence-electron chi connectivity index (χ3n) is 1.62. The predicted molar refractivity (Wildman–Crippen MR) is 51.3 cm³/mol. The van der Waals surface area contributed by atoms with Crippen LogP contribution in [0.1, 0.15) is 0 Å². The molecule has 1 aromatic carbocycles. The van der Waals surface area contributed by atoms with Gasteiger partial charge >= 0.3 is 0 Å². The van der Waals surface area contributed by atoms with Crippen LogP contribution in [0.4, 0.5) is 0 Å². The second-order valence-corrected chi connectivity index (χ2v) is 2.53. The number of nitrogens with one attached hydrogen (secondary N) is 1. The van der Waals surface area contributed by atoms with Gasteiger partial charge in [-0.2, -0.15) is 0 Å². The molecule has 0 aliphatic heterocycles. The zero-order valence-corrected chi connectivity index (χ0v) is 7.96. The zero-order valence-electron chi connectivity index (χ0n) is 7.96. The first-order valence-corrected chi connectivity index (χ1v) is 4.20. The van der Waals surface area contributed by atoms with Crippen LogP contribution in [0.3, 0.4) is 0 Å².